The van der Waals surface area contributed by atoms with E-state index in [1.54, 1.807) is 0 Å². The summed E-state index contributed by atoms with van der Waals surface area (Å²) in [5, 5.41) is 9.35. The summed E-state index contributed by atoms with van der Waals surface area (Å²) < 4.78 is 0. The number of carboxylic acid groups (broad SMARTS) is 1. The molecule has 0 aromatic heterocycles. The minimum absolute atomic E-state index is 0.428. The topological polar surface area (TPSA) is 40.5 Å². The molecule has 18 heavy (non-hydrogen) atoms. The lowest BCUT2D eigenvalue weighted by atomic mass is 9.93. The highest BCUT2D eigenvalue weighted by Crippen LogP contribution is 2.24. The first kappa shape index (κ1) is 12.8. The summed E-state index contributed by atoms with van der Waals surface area (Å²) in [6.07, 6.45) is 1.48. The highest BCUT2D eigenvalue weighted by molar-refractivity contribution is 5.74. The Labute approximate surface area is 108 Å². The summed E-state index contributed by atoms with van der Waals surface area (Å²) in [5.41, 5.74) is 3.47. The zero-order chi connectivity index (χ0) is 13.1. The molecular weight excluding hydrogens is 226 g/mol. The largest absolute Gasteiger partial charge is 0.480 e. The number of rotatable bonds is 4. The van der Waals surface area contributed by atoms with Gasteiger partial charge in [0.2, 0.25) is 0 Å². The summed E-state index contributed by atoms with van der Waals surface area (Å²) in [5.74, 6) is -0.742. The minimum Gasteiger partial charge on any atom is -0.480 e. The molecule has 0 radical (unpaired) electrons. The van der Waals surface area contributed by atoms with Crippen LogP contribution in [0.15, 0.2) is 36.4 Å². The summed E-state index contributed by atoms with van der Waals surface area (Å²) in [6.45, 7) is 7.40. The van der Waals surface area contributed by atoms with E-state index in [0.29, 0.717) is 19.5 Å². The van der Waals surface area contributed by atoms with Gasteiger partial charge < -0.3 is 5.11 Å². The van der Waals surface area contributed by atoms with Gasteiger partial charge in [-0.15, -0.1) is 0 Å². The van der Waals surface area contributed by atoms with Crippen LogP contribution in [0.3, 0.4) is 0 Å². The lowest BCUT2D eigenvalue weighted by molar-refractivity contribution is -0.143. The van der Waals surface area contributed by atoms with E-state index in [1.807, 2.05) is 23.1 Å². The Hall–Kier alpha value is -1.61. The van der Waals surface area contributed by atoms with Gasteiger partial charge in [0.05, 0.1) is 0 Å². The Bertz CT molecular complexity index is 467. The molecule has 1 unspecified atom stereocenters. The Morgan fingerprint density at radius 1 is 1.44 bits per heavy atom. The smallest absolute Gasteiger partial charge is 0.321 e. The van der Waals surface area contributed by atoms with Crippen LogP contribution in [0.4, 0.5) is 0 Å². The van der Waals surface area contributed by atoms with Crippen molar-refractivity contribution in [1.29, 1.82) is 0 Å². The molecule has 0 fully saturated rings. The fourth-order valence-electron chi connectivity index (χ4n) is 2.39. The number of benzene rings is 1. The van der Waals surface area contributed by atoms with Gasteiger partial charge in [0.25, 0.3) is 0 Å². The van der Waals surface area contributed by atoms with Crippen LogP contribution in [0, 0.1) is 0 Å². The molecule has 0 saturated carbocycles. The van der Waals surface area contributed by atoms with Crippen LogP contribution in [-0.4, -0.2) is 28.6 Å². The standard InChI is InChI=1S/C15H19NO2/c1-3-11(2)9-16-10-13-7-5-4-6-12(13)8-14(16)15(17)18/h4-7,14H,2-3,8-10H2,1H3,(H,17,18). The first-order valence-electron chi connectivity index (χ1n) is 6.32. The van der Waals surface area contributed by atoms with Crippen molar-refractivity contribution in [1.82, 2.24) is 4.90 Å². The summed E-state index contributed by atoms with van der Waals surface area (Å²) in [4.78, 5) is 13.4. The third-order valence-electron chi connectivity index (χ3n) is 3.56. The van der Waals surface area contributed by atoms with Crippen molar-refractivity contribution in [2.75, 3.05) is 6.54 Å². The Kier molecular flexibility index (Phi) is 3.82. The van der Waals surface area contributed by atoms with Gasteiger partial charge in [-0.2, -0.15) is 0 Å². The number of nitrogens with zero attached hydrogens (tertiary/aromatic N) is 1. The molecule has 1 atom stereocenters. The molecule has 1 aromatic carbocycles. The third kappa shape index (κ3) is 2.62. The second-order valence-electron chi connectivity index (χ2n) is 4.84. The van der Waals surface area contributed by atoms with Crippen LogP contribution in [0.25, 0.3) is 0 Å². The molecule has 0 bridgehead atoms. The van der Waals surface area contributed by atoms with Crippen molar-refractivity contribution in [3.05, 3.63) is 47.5 Å². The van der Waals surface area contributed by atoms with Gasteiger partial charge >= 0.3 is 5.97 Å². The quantitative estimate of drug-likeness (QED) is 0.828. The maximum absolute atomic E-state index is 11.4. The third-order valence-corrected chi connectivity index (χ3v) is 3.56. The van der Waals surface area contributed by atoms with E-state index in [4.69, 9.17) is 0 Å². The van der Waals surface area contributed by atoms with Gasteiger partial charge in [0.15, 0.2) is 0 Å². The van der Waals surface area contributed by atoms with Crippen molar-refractivity contribution in [2.45, 2.75) is 32.4 Å². The second kappa shape index (κ2) is 5.36. The highest BCUT2D eigenvalue weighted by Gasteiger charge is 2.30. The monoisotopic (exact) mass is 245 g/mol. The fourth-order valence-corrected chi connectivity index (χ4v) is 2.39. The van der Waals surface area contributed by atoms with Gasteiger partial charge in [-0.05, 0) is 24.0 Å². The first-order valence-corrected chi connectivity index (χ1v) is 6.32. The summed E-state index contributed by atoms with van der Waals surface area (Å²) >= 11 is 0. The second-order valence-corrected chi connectivity index (χ2v) is 4.84. The lowest BCUT2D eigenvalue weighted by Gasteiger charge is -2.34. The molecule has 1 aliphatic heterocycles. The van der Waals surface area contributed by atoms with E-state index < -0.39 is 12.0 Å². The van der Waals surface area contributed by atoms with E-state index in [1.165, 1.54) is 5.56 Å². The average Bonchev–Trinajstić information content (AvgIpc) is 2.37. The predicted octanol–water partition coefficient (Wildman–Crippen LogP) is 2.46. The normalized spacial score (nSPS) is 19.3. The summed E-state index contributed by atoms with van der Waals surface area (Å²) in [7, 11) is 0. The van der Waals surface area contributed by atoms with Crippen LogP contribution in [0.5, 0.6) is 0 Å². The first-order chi connectivity index (χ1) is 8.61. The number of hydrogen-bond acceptors (Lipinski definition) is 2. The SMILES string of the molecule is C=C(CC)CN1Cc2ccccc2CC1C(=O)O. The lowest BCUT2D eigenvalue weighted by Crippen LogP contribution is -2.46. The van der Waals surface area contributed by atoms with E-state index in [9.17, 15) is 9.90 Å². The van der Waals surface area contributed by atoms with E-state index in [0.717, 1.165) is 17.6 Å². The predicted molar refractivity (Wildman–Crippen MR) is 71.4 cm³/mol. The molecule has 3 heteroatoms. The van der Waals surface area contributed by atoms with Gasteiger partial charge in [-0.25, -0.2) is 0 Å². The Balaban J connectivity index is 2.23. The van der Waals surface area contributed by atoms with Crippen LogP contribution >= 0.6 is 0 Å². The summed E-state index contributed by atoms with van der Waals surface area (Å²) in [6, 6.07) is 7.65. The fraction of sp³-hybridized carbons (Fsp3) is 0.400. The molecule has 1 aromatic rings. The number of carbonyl (C=O) groups is 1. The Morgan fingerprint density at radius 3 is 2.72 bits per heavy atom. The molecule has 96 valence electrons. The van der Waals surface area contributed by atoms with E-state index >= 15 is 0 Å². The van der Waals surface area contributed by atoms with Crippen LogP contribution < -0.4 is 0 Å². The van der Waals surface area contributed by atoms with Gasteiger partial charge in [-0.3, -0.25) is 9.69 Å². The van der Waals surface area contributed by atoms with Crippen LogP contribution in [-0.2, 0) is 17.8 Å². The molecule has 0 amide bonds. The van der Waals surface area contributed by atoms with Crippen LogP contribution in [0.2, 0.25) is 0 Å². The molecule has 1 N–H and O–H groups in total. The zero-order valence-corrected chi connectivity index (χ0v) is 10.7. The molecular formula is C15H19NO2. The molecule has 0 aliphatic carbocycles. The van der Waals surface area contributed by atoms with Gasteiger partial charge in [0.1, 0.15) is 6.04 Å². The number of fused-ring (bicyclic) bond motifs is 1. The molecule has 2 rings (SSSR count). The molecule has 1 heterocycles. The molecule has 0 saturated heterocycles. The van der Waals surface area contributed by atoms with E-state index in [-0.39, 0.29) is 0 Å². The van der Waals surface area contributed by atoms with Crippen molar-refractivity contribution >= 4 is 5.97 Å². The molecule has 1 aliphatic rings. The van der Waals surface area contributed by atoms with Crippen molar-refractivity contribution in [2.24, 2.45) is 0 Å². The van der Waals surface area contributed by atoms with Crippen molar-refractivity contribution in [3.63, 3.8) is 0 Å². The molecule has 3 nitrogen and oxygen atoms in total. The average molecular weight is 245 g/mol. The zero-order valence-electron chi connectivity index (χ0n) is 10.7. The minimum atomic E-state index is -0.742. The van der Waals surface area contributed by atoms with Crippen molar-refractivity contribution < 1.29 is 9.90 Å². The number of aliphatic carboxylic acids is 1. The van der Waals surface area contributed by atoms with Gasteiger partial charge in [-0.1, -0.05) is 43.3 Å². The highest BCUT2D eigenvalue weighted by atomic mass is 16.4. The maximum atomic E-state index is 11.4. The van der Waals surface area contributed by atoms with E-state index in [2.05, 4.69) is 19.6 Å². The number of carboxylic acids is 1. The molecule has 0 spiro atoms. The van der Waals surface area contributed by atoms with Gasteiger partial charge in [0, 0.05) is 13.1 Å². The van der Waals surface area contributed by atoms with Crippen molar-refractivity contribution in [3.8, 4) is 0 Å². The Morgan fingerprint density at radius 2 is 2.11 bits per heavy atom. The van der Waals surface area contributed by atoms with Crippen LogP contribution in [0.1, 0.15) is 24.5 Å². The number of hydrogen-bond donors (Lipinski definition) is 1. The maximum Gasteiger partial charge on any atom is 0.321 e.